The maximum absolute atomic E-state index is 12.6. The quantitative estimate of drug-likeness (QED) is 0.0274. The van der Waals surface area contributed by atoms with Gasteiger partial charge in [0.05, 0.1) is 0 Å². The zero-order valence-corrected chi connectivity index (χ0v) is 33.8. The molecule has 0 fully saturated rings. The Bertz CT molecular complexity index is 975. The fraction of sp³-hybridized carbons (Fsp3) is 0.717. The molecule has 0 rings (SSSR count). The van der Waals surface area contributed by atoms with Crippen LogP contribution >= 0.6 is 0 Å². The lowest BCUT2D eigenvalue weighted by atomic mass is 10.1. The lowest BCUT2D eigenvalue weighted by Gasteiger charge is -2.18. The van der Waals surface area contributed by atoms with E-state index in [0.717, 1.165) is 96.3 Å². The SMILES string of the molecule is CC/C=C\C/C=C\C/C=C\C/C=C\C/C=C\CCCCCC(=O)OCC(COC(=O)CCCCCCCCC)OC(=O)CCCCCCCCCC. The minimum atomic E-state index is -0.779. The molecule has 0 amide bonds. The highest BCUT2D eigenvalue weighted by molar-refractivity contribution is 5.71. The average molecular weight is 727 g/mol. The van der Waals surface area contributed by atoms with E-state index in [9.17, 15) is 14.4 Å². The van der Waals surface area contributed by atoms with Gasteiger partial charge >= 0.3 is 17.9 Å². The molecule has 0 aliphatic heterocycles. The first-order valence-corrected chi connectivity index (χ1v) is 21.3. The van der Waals surface area contributed by atoms with Crippen LogP contribution in [0.3, 0.4) is 0 Å². The predicted octanol–water partition coefficient (Wildman–Crippen LogP) is 13.4. The van der Waals surface area contributed by atoms with Gasteiger partial charge < -0.3 is 14.2 Å². The lowest BCUT2D eigenvalue weighted by Crippen LogP contribution is -2.30. The van der Waals surface area contributed by atoms with E-state index in [0.29, 0.717) is 19.3 Å². The summed E-state index contributed by atoms with van der Waals surface area (Å²) in [6, 6.07) is 0. The van der Waals surface area contributed by atoms with Gasteiger partial charge in [-0.05, 0) is 64.2 Å². The molecule has 298 valence electrons. The van der Waals surface area contributed by atoms with Gasteiger partial charge in [0.15, 0.2) is 6.10 Å². The van der Waals surface area contributed by atoms with Crippen LogP contribution in [0.2, 0.25) is 0 Å². The van der Waals surface area contributed by atoms with Crippen molar-refractivity contribution in [2.75, 3.05) is 13.2 Å². The number of carbonyl (C=O) groups excluding carboxylic acids is 3. The van der Waals surface area contributed by atoms with E-state index >= 15 is 0 Å². The molecule has 0 saturated carbocycles. The van der Waals surface area contributed by atoms with Gasteiger partial charge in [-0.1, -0.05) is 171 Å². The van der Waals surface area contributed by atoms with Crippen molar-refractivity contribution in [2.45, 2.75) is 200 Å². The molecule has 0 aromatic heterocycles. The molecule has 0 spiro atoms. The first-order valence-electron chi connectivity index (χ1n) is 21.3. The fourth-order valence-corrected chi connectivity index (χ4v) is 5.58. The van der Waals surface area contributed by atoms with Gasteiger partial charge in [-0.3, -0.25) is 14.4 Å². The molecular formula is C46H78O6. The van der Waals surface area contributed by atoms with Crippen molar-refractivity contribution in [2.24, 2.45) is 0 Å². The Hall–Kier alpha value is -2.89. The maximum atomic E-state index is 12.6. The zero-order chi connectivity index (χ0) is 38.0. The van der Waals surface area contributed by atoms with Crippen molar-refractivity contribution >= 4 is 17.9 Å². The largest absolute Gasteiger partial charge is 0.462 e. The first kappa shape index (κ1) is 49.1. The van der Waals surface area contributed by atoms with Crippen LogP contribution in [-0.2, 0) is 28.6 Å². The Kier molecular flexibility index (Phi) is 38.6. The molecule has 0 aliphatic carbocycles. The molecule has 6 nitrogen and oxygen atoms in total. The van der Waals surface area contributed by atoms with Gasteiger partial charge in [-0.2, -0.15) is 0 Å². The van der Waals surface area contributed by atoms with E-state index in [1.54, 1.807) is 0 Å². The standard InChI is InChI=1S/C46H78O6/c1-4-7-10-13-16-18-19-20-21-22-23-24-25-26-27-28-31-33-36-39-45(48)51-42-43(41-50-44(47)38-35-32-29-15-12-9-6-3)52-46(49)40-37-34-30-17-14-11-8-5-2/h7,10,16,18,20-21,23-24,26-27,43H,4-6,8-9,11-15,17,19,22,25,28-42H2,1-3H3/b10-7-,18-16-,21-20-,24-23-,27-26-. The van der Waals surface area contributed by atoms with Gasteiger partial charge in [0.1, 0.15) is 13.2 Å². The van der Waals surface area contributed by atoms with Gasteiger partial charge in [0.2, 0.25) is 0 Å². The molecule has 0 aromatic rings. The van der Waals surface area contributed by atoms with Gasteiger partial charge in [0.25, 0.3) is 0 Å². The van der Waals surface area contributed by atoms with Crippen molar-refractivity contribution in [3.05, 3.63) is 60.8 Å². The monoisotopic (exact) mass is 727 g/mol. The third-order valence-electron chi connectivity index (χ3n) is 8.79. The lowest BCUT2D eigenvalue weighted by molar-refractivity contribution is -0.167. The maximum Gasteiger partial charge on any atom is 0.306 e. The molecule has 0 N–H and O–H groups in total. The van der Waals surface area contributed by atoms with Crippen LogP contribution in [-0.4, -0.2) is 37.2 Å². The molecule has 0 bridgehead atoms. The molecule has 0 saturated heterocycles. The smallest absolute Gasteiger partial charge is 0.306 e. The molecule has 0 aromatic carbocycles. The van der Waals surface area contributed by atoms with Crippen LogP contribution < -0.4 is 0 Å². The summed E-state index contributed by atoms with van der Waals surface area (Å²) >= 11 is 0. The third-order valence-corrected chi connectivity index (χ3v) is 8.79. The normalized spacial score (nSPS) is 12.6. The van der Waals surface area contributed by atoms with E-state index < -0.39 is 6.10 Å². The summed E-state index contributed by atoms with van der Waals surface area (Å²) in [6.45, 7) is 6.39. The van der Waals surface area contributed by atoms with Crippen LogP contribution in [0.25, 0.3) is 0 Å². The summed E-state index contributed by atoms with van der Waals surface area (Å²) in [7, 11) is 0. The van der Waals surface area contributed by atoms with Gasteiger partial charge in [0, 0.05) is 19.3 Å². The Morgan fingerprint density at radius 2 is 0.750 bits per heavy atom. The molecule has 0 radical (unpaired) electrons. The van der Waals surface area contributed by atoms with E-state index in [4.69, 9.17) is 14.2 Å². The van der Waals surface area contributed by atoms with E-state index in [1.165, 1.54) is 57.8 Å². The highest BCUT2D eigenvalue weighted by Crippen LogP contribution is 2.13. The number of esters is 3. The zero-order valence-electron chi connectivity index (χ0n) is 33.8. The number of carbonyl (C=O) groups is 3. The van der Waals surface area contributed by atoms with E-state index in [-0.39, 0.29) is 31.1 Å². The second-order valence-electron chi connectivity index (χ2n) is 13.9. The summed E-state index contributed by atoms with van der Waals surface area (Å²) < 4.78 is 16.5. The summed E-state index contributed by atoms with van der Waals surface area (Å²) in [5.74, 6) is -0.935. The highest BCUT2D eigenvalue weighted by Gasteiger charge is 2.19. The number of ether oxygens (including phenoxy) is 3. The molecule has 0 heterocycles. The molecule has 0 aliphatic rings. The topological polar surface area (TPSA) is 78.9 Å². The Morgan fingerprint density at radius 1 is 0.404 bits per heavy atom. The average Bonchev–Trinajstić information content (AvgIpc) is 3.14. The third kappa shape index (κ3) is 38.3. The summed E-state index contributed by atoms with van der Waals surface area (Å²) in [4.78, 5) is 37.4. The summed E-state index contributed by atoms with van der Waals surface area (Å²) in [5, 5.41) is 0. The molecule has 52 heavy (non-hydrogen) atoms. The van der Waals surface area contributed by atoms with Crippen LogP contribution in [0.4, 0.5) is 0 Å². The van der Waals surface area contributed by atoms with E-state index in [1.807, 2.05) is 0 Å². The van der Waals surface area contributed by atoms with Crippen LogP contribution in [0.15, 0.2) is 60.8 Å². The molecular weight excluding hydrogens is 649 g/mol. The predicted molar refractivity (Wildman–Crippen MR) is 219 cm³/mol. The van der Waals surface area contributed by atoms with Crippen LogP contribution in [0.1, 0.15) is 194 Å². The molecule has 6 heteroatoms. The number of allylic oxidation sites excluding steroid dienone is 10. The van der Waals surface area contributed by atoms with Crippen molar-refractivity contribution in [3.63, 3.8) is 0 Å². The van der Waals surface area contributed by atoms with E-state index in [2.05, 4.69) is 81.5 Å². The number of hydrogen-bond donors (Lipinski definition) is 0. The molecule has 1 atom stereocenters. The summed E-state index contributed by atoms with van der Waals surface area (Å²) in [5.41, 5.74) is 0. The van der Waals surface area contributed by atoms with Gasteiger partial charge in [-0.25, -0.2) is 0 Å². The summed E-state index contributed by atoms with van der Waals surface area (Å²) in [6.07, 6.45) is 47.9. The molecule has 1 unspecified atom stereocenters. The van der Waals surface area contributed by atoms with Crippen molar-refractivity contribution in [1.82, 2.24) is 0 Å². The number of unbranched alkanes of at least 4 members (excludes halogenated alkanes) is 16. The second-order valence-corrected chi connectivity index (χ2v) is 13.9. The minimum absolute atomic E-state index is 0.0843. The minimum Gasteiger partial charge on any atom is -0.462 e. The second kappa shape index (κ2) is 40.9. The van der Waals surface area contributed by atoms with Crippen LogP contribution in [0.5, 0.6) is 0 Å². The Labute approximate surface area is 320 Å². The Morgan fingerprint density at radius 3 is 1.17 bits per heavy atom. The highest BCUT2D eigenvalue weighted by atomic mass is 16.6. The fourth-order valence-electron chi connectivity index (χ4n) is 5.58. The van der Waals surface area contributed by atoms with Crippen molar-refractivity contribution < 1.29 is 28.6 Å². The van der Waals surface area contributed by atoms with Crippen LogP contribution in [0, 0.1) is 0 Å². The van der Waals surface area contributed by atoms with Crippen molar-refractivity contribution in [3.8, 4) is 0 Å². The first-order chi connectivity index (χ1) is 25.5. The number of rotatable bonds is 37. The Balaban J connectivity index is 4.31. The van der Waals surface area contributed by atoms with Crippen molar-refractivity contribution in [1.29, 1.82) is 0 Å². The number of hydrogen-bond acceptors (Lipinski definition) is 6. The van der Waals surface area contributed by atoms with Gasteiger partial charge in [-0.15, -0.1) is 0 Å².